The number of hydrogen-bond acceptors (Lipinski definition) is 0. The number of rotatable bonds is 0. The van der Waals surface area contributed by atoms with Crippen LogP contribution in [0.15, 0.2) is 18.2 Å². The van der Waals surface area contributed by atoms with Crippen LogP contribution in [-0.4, -0.2) is 0 Å². The molecule has 9 heavy (non-hydrogen) atoms. The number of benzene rings is 1. The van der Waals surface area contributed by atoms with Crippen LogP contribution in [0.1, 0.15) is 11.1 Å². The van der Waals surface area contributed by atoms with Crippen LogP contribution in [-0.2, 0) is 0 Å². The molecule has 0 aromatic heterocycles. The van der Waals surface area contributed by atoms with Crippen LogP contribution in [0.4, 0.5) is 5.69 Å². The minimum atomic E-state index is 0.626. The molecule has 47 valence electrons. The van der Waals surface area contributed by atoms with Gasteiger partial charge in [0.05, 0.1) is 5.69 Å². The molecule has 0 spiro atoms. The third kappa shape index (κ3) is 1.22. The van der Waals surface area contributed by atoms with E-state index in [2.05, 4.69) is 0 Å². The summed E-state index contributed by atoms with van der Waals surface area (Å²) < 4.78 is 0. The van der Waals surface area contributed by atoms with Gasteiger partial charge in [-0.1, -0.05) is 17.7 Å². The molecule has 0 unspecified atom stereocenters. The molecule has 0 aliphatic rings. The van der Waals surface area contributed by atoms with Crippen LogP contribution >= 0.6 is 0 Å². The lowest BCUT2D eigenvalue weighted by atomic mass is 10.1. The summed E-state index contributed by atoms with van der Waals surface area (Å²) >= 11 is 0. The SMILES string of the molecule is Cc1ccc([NH])c(C)c1. The maximum absolute atomic E-state index is 7.32. The van der Waals surface area contributed by atoms with Crippen molar-refractivity contribution in [2.45, 2.75) is 13.8 Å². The molecule has 1 nitrogen and oxygen atoms in total. The molecule has 0 bridgehead atoms. The van der Waals surface area contributed by atoms with Gasteiger partial charge >= 0.3 is 0 Å². The van der Waals surface area contributed by atoms with Crippen molar-refractivity contribution in [3.05, 3.63) is 29.3 Å². The third-order valence-corrected chi connectivity index (χ3v) is 1.38. The fraction of sp³-hybridized carbons (Fsp3) is 0.250. The molecule has 1 heteroatoms. The minimum absolute atomic E-state index is 0.626. The number of nitrogens with one attached hydrogen (secondary N) is 1. The van der Waals surface area contributed by atoms with Crippen molar-refractivity contribution < 1.29 is 0 Å². The average Bonchev–Trinajstić information content (AvgIpc) is 1.80. The number of aryl methyl sites for hydroxylation is 2. The second kappa shape index (κ2) is 2.09. The van der Waals surface area contributed by atoms with Crippen molar-refractivity contribution in [1.29, 1.82) is 0 Å². The van der Waals surface area contributed by atoms with Crippen molar-refractivity contribution in [3.8, 4) is 0 Å². The van der Waals surface area contributed by atoms with Crippen LogP contribution in [0.25, 0.3) is 0 Å². The van der Waals surface area contributed by atoms with Crippen LogP contribution in [0.3, 0.4) is 0 Å². The highest BCUT2D eigenvalue weighted by molar-refractivity contribution is 5.44. The lowest BCUT2D eigenvalue weighted by Gasteiger charge is -1.97. The maximum atomic E-state index is 7.32. The van der Waals surface area contributed by atoms with Gasteiger partial charge in [0.2, 0.25) is 0 Å². The van der Waals surface area contributed by atoms with Crippen LogP contribution in [0, 0.1) is 13.8 Å². The van der Waals surface area contributed by atoms with E-state index in [9.17, 15) is 0 Å². The zero-order valence-corrected chi connectivity index (χ0v) is 5.73. The van der Waals surface area contributed by atoms with Crippen molar-refractivity contribution in [3.63, 3.8) is 0 Å². The van der Waals surface area contributed by atoms with Gasteiger partial charge in [0, 0.05) is 0 Å². The van der Waals surface area contributed by atoms with Gasteiger partial charge in [0.25, 0.3) is 0 Å². The first-order valence-electron chi connectivity index (χ1n) is 2.99. The average molecular weight is 120 g/mol. The Labute approximate surface area is 55.5 Å². The molecule has 0 saturated heterocycles. The number of hydrogen-bond donors (Lipinski definition) is 0. The fourth-order valence-corrected chi connectivity index (χ4v) is 0.814. The van der Waals surface area contributed by atoms with Gasteiger partial charge in [-0.2, -0.15) is 0 Å². The van der Waals surface area contributed by atoms with Crippen LogP contribution < -0.4 is 5.73 Å². The van der Waals surface area contributed by atoms with Gasteiger partial charge < -0.3 is 5.73 Å². The zero-order valence-electron chi connectivity index (χ0n) is 5.73. The molecule has 1 radical (unpaired) electrons. The highest BCUT2D eigenvalue weighted by Crippen LogP contribution is 2.12. The summed E-state index contributed by atoms with van der Waals surface area (Å²) in [5.41, 5.74) is 10.2. The zero-order chi connectivity index (χ0) is 6.85. The molecule has 1 aromatic carbocycles. The van der Waals surface area contributed by atoms with E-state index in [1.54, 1.807) is 0 Å². The molecule has 0 fully saturated rings. The summed E-state index contributed by atoms with van der Waals surface area (Å²) in [5.74, 6) is 0. The largest absolute Gasteiger partial charge is 0.301 e. The molecule has 0 aliphatic carbocycles. The molecular weight excluding hydrogens is 110 g/mol. The van der Waals surface area contributed by atoms with Gasteiger partial charge in [-0.15, -0.1) is 0 Å². The first kappa shape index (κ1) is 6.14. The van der Waals surface area contributed by atoms with Gasteiger partial charge in [-0.25, -0.2) is 0 Å². The summed E-state index contributed by atoms with van der Waals surface area (Å²) in [5, 5.41) is 0. The first-order chi connectivity index (χ1) is 4.20. The molecule has 0 amide bonds. The van der Waals surface area contributed by atoms with Crippen LogP contribution in [0.5, 0.6) is 0 Å². The van der Waals surface area contributed by atoms with E-state index in [-0.39, 0.29) is 0 Å². The van der Waals surface area contributed by atoms with E-state index in [4.69, 9.17) is 5.73 Å². The topological polar surface area (TPSA) is 23.8 Å². The molecule has 0 atom stereocenters. The fourth-order valence-electron chi connectivity index (χ4n) is 0.814. The lowest BCUT2D eigenvalue weighted by Crippen LogP contribution is -1.78. The second-order valence-corrected chi connectivity index (χ2v) is 2.32. The van der Waals surface area contributed by atoms with E-state index < -0.39 is 0 Å². The van der Waals surface area contributed by atoms with Crippen LogP contribution in [0.2, 0.25) is 0 Å². The van der Waals surface area contributed by atoms with E-state index in [0.29, 0.717) is 5.69 Å². The second-order valence-electron chi connectivity index (χ2n) is 2.32. The van der Waals surface area contributed by atoms with Crippen molar-refractivity contribution in [2.75, 3.05) is 0 Å². The summed E-state index contributed by atoms with van der Waals surface area (Å²) in [6.07, 6.45) is 0. The molecule has 1 N–H and O–H groups in total. The van der Waals surface area contributed by atoms with Gasteiger partial charge in [-0.05, 0) is 25.5 Å². The first-order valence-corrected chi connectivity index (χ1v) is 2.99. The smallest absolute Gasteiger partial charge is 0.0569 e. The Morgan fingerprint density at radius 3 is 2.33 bits per heavy atom. The van der Waals surface area contributed by atoms with E-state index in [1.807, 2.05) is 32.0 Å². The van der Waals surface area contributed by atoms with Crippen molar-refractivity contribution in [2.24, 2.45) is 0 Å². The Balaban J connectivity index is 3.17. The molecule has 0 heterocycles. The Hall–Kier alpha value is -0.980. The Bertz CT molecular complexity index is 216. The summed E-state index contributed by atoms with van der Waals surface area (Å²) in [6, 6.07) is 5.79. The summed E-state index contributed by atoms with van der Waals surface area (Å²) in [4.78, 5) is 0. The third-order valence-electron chi connectivity index (χ3n) is 1.38. The monoisotopic (exact) mass is 120 g/mol. The molecule has 1 rings (SSSR count). The summed E-state index contributed by atoms with van der Waals surface area (Å²) in [6.45, 7) is 3.99. The lowest BCUT2D eigenvalue weighted by molar-refractivity contribution is 1.33. The van der Waals surface area contributed by atoms with Gasteiger partial charge in [0.1, 0.15) is 0 Å². The standard InChI is InChI=1S/C8H10N/c1-6-3-4-8(9)7(2)5-6/h3-5,9H,1-2H3. The molecule has 0 saturated carbocycles. The van der Waals surface area contributed by atoms with E-state index in [0.717, 1.165) is 5.56 Å². The summed E-state index contributed by atoms with van der Waals surface area (Å²) in [7, 11) is 0. The highest BCUT2D eigenvalue weighted by atomic mass is 14.5. The Morgan fingerprint density at radius 2 is 1.89 bits per heavy atom. The highest BCUT2D eigenvalue weighted by Gasteiger charge is 1.90. The maximum Gasteiger partial charge on any atom is 0.0569 e. The van der Waals surface area contributed by atoms with E-state index >= 15 is 0 Å². The normalized spacial score (nSPS) is 9.56. The quantitative estimate of drug-likeness (QED) is 0.501. The predicted molar refractivity (Wildman–Crippen MR) is 38.7 cm³/mol. The Morgan fingerprint density at radius 1 is 1.22 bits per heavy atom. The van der Waals surface area contributed by atoms with Gasteiger partial charge in [-0.3, -0.25) is 0 Å². The van der Waals surface area contributed by atoms with Crippen molar-refractivity contribution >= 4 is 5.69 Å². The van der Waals surface area contributed by atoms with E-state index in [1.165, 1.54) is 5.56 Å². The molecular formula is C8H10N. The van der Waals surface area contributed by atoms with Gasteiger partial charge in [0.15, 0.2) is 0 Å². The minimum Gasteiger partial charge on any atom is -0.301 e. The Kier molecular flexibility index (Phi) is 1.43. The molecule has 0 aliphatic heterocycles. The predicted octanol–water partition coefficient (Wildman–Crippen LogP) is 2.22. The molecule has 1 aromatic rings. The van der Waals surface area contributed by atoms with Crippen molar-refractivity contribution in [1.82, 2.24) is 5.73 Å².